The number of carbonyl (C=O) groups excluding carboxylic acids is 2. The molecule has 2 N–H and O–H groups in total. The molecule has 1 aliphatic heterocycles. The maximum Gasteiger partial charge on any atom is 0.291 e. The van der Waals surface area contributed by atoms with Crippen LogP contribution in [0, 0.1) is 5.82 Å². The first-order valence-electron chi connectivity index (χ1n) is 13.5. The summed E-state index contributed by atoms with van der Waals surface area (Å²) >= 11 is 13.1. The highest BCUT2D eigenvalue weighted by atomic mass is 35.5. The van der Waals surface area contributed by atoms with E-state index in [1.165, 1.54) is 13.2 Å². The zero-order chi connectivity index (χ0) is 29.5. The number of amides is 1. The second kappa shape index (κ2) is 11.4. The van der Waals surface area contributed by atoms with Gasteiger partial charge in [0, 0.05) is 43.9 Å². The minimum atomic E-state index is -0.888. The Morgan fingerprint density at radius 3 is 2.69 bits per heavy atom. The van der Waals surface area contributed by atoms with Crippen molar-refractivity contribution in [1.29, 1.82) is 0 Å². The average molecular weight is 609 g/mol. The molecule has 11 heteroatoms. The van der Waals surface area contributed by atoms with Gasteiger partial charge >= 0.3 is 0 Å². The first-order chi connectivity index (χ1) is 20.3. The first-order valence-corrected chi connectivity index (χ1v) is 14.2. The molecule has 2 heterocycles. The summed E-state index contributed by atoms with van der Waals surface area (Å²) in [5.41, 5.74) is 5.77. The third-order valence-corrected chi connectivity index (χ3v) is 8.62. The van der Waals surface area contributed by atoms with Crippen molar-refractivity contribution in [3.63, 3.8) is 0 Å². The Labute approximate surface area is 251 Å². The monoisotopic (exact) mass is 608 g/mol. The number of nitrogens with zero attached hydrogens (tertiary/aromatic N) is 2. The topological polar surface area (TPSA) is 94.5 Å². The third-order valence-electron chi connectivity index (χ3n) is 7.86. The molecule has 216 valence electrons. The molecule has 1 unspecified atom stereocenters. The lowest BCUT2D eigenvalue weighted by Crippen LogP contribution is -2.24. The molecule has 3 aromatic carbocycles. The van der Waals surface area contributed by atoms with Gasteiger partial charge in [0.15, 0.2) is 17.9 Å². The van der Waals surface area contributed by atoms with E-state index < -0.39 is 11.9 Å². The van der Waals surface area contributed by atoms with E-state index >= 15 is 0 Å². The molecule has 2 aliphatic rings. The van der Waals surface area contributed by atoms with E-state index in [1.807, 2.05) is 41.9 Å². The SMILES string of the molecule is COc1cc(OC2CCc3c(-c4cccc(NC(=O)c5nc6c(n5C)CCNC6)c4Cl)cccc32)c(Cl)c(F)c1C=O. The van der Waals surface area contributed by atoms with Crippen molar-refractivity contribution in [3.8, 4) is 22.6 Å². The summed E-state index contributed by atoms with van der Waals surface area (Å²) in [4.78, 5) is 29.1. The molecule has 1 aliphatic carbocycles. The number of aromatic nitrogens is 2. The Balaban J connectivity index is 1.29. The Morgan fingerprint density at radius 2 is 1.93 bits per heavy atom. The molecule has 0 spiro atoms. The van der Waals surface area contributed by atoms with Crippen LogP contribution in [0.3, 0.4) is 0 Å². The zero-order valence-electron chi connectivity index (χ0n) is 22.9. The molecule has 4 aromatic rings. The molecule has 8 nitrogen and oxygen atoms in total. The van der Waals surface area contributed by atoms with Crippen LogP contribution in [-0.4, -0.2) is 35.4 Å². The summed E-state index contributed by atoms with van der Waals surface area (Å²) in [6, 6.07) is 12.8. The Hall–Kier alpha value is -3.92. The van der Waals surface area contributed by atoms with Crippen molar-refractivity contribution < 1.29 is 23.5 Å². The van der Waals surface area contributed by atoms with E-state index in [9.17, 15) is 14.0 Å². The predicted octanol–water partition coefficient (Wildman–Crippen LogP) is 6.32. The van der Waals surface area contributed by atoms with Crippen molar-refractivity contribution in [1.82, 2.24) is 14.9 Å². The maximum absolute atomic E-state index is 14.8. The highest BCUT2D eigenvalue weighted by Gasteiger charge is 2.30. The number of aldehydes is 1. The fourth-order valence-corrected chi connectivity index (χ4v) is 6.25. The number of hydrogen-bond acceptors (Lipinski definition) is 6. The van der Waals surface area contributed by atoms with Gasteiger partial charge in [-0.3, -0.25) is 9.59 Å². The van der Waals surface area contributed by atoms with Gasteiger partial charge in [0.1, 0.15) is 22.6 Å². The lowest BCUT2D eigenvalue weighted by Gasteiger charge is -2.19. The molecule has 0 fully saturated rings. The lowest BCUT2D eigenvalue weighted by atomic mass is 9.96. The molecule has 0 saturated heterocycles. The number of ether oxygens (including phenoxy) is 2. The minimum Gasteiger partial charge on any atom is -0.496 e. The van der Waals surface area contributed by atoms with Crippen LogP contribution < -0.4 is 20.1 Å². The number of benzene rings is 3. The first kappa shape index (κ1) is 28.2. The van der Waals surface area contributed by atoms with Gasteiger partial charge in [-0.15, -0.1) is 0 Å². The smallest absolute Gasteiger partial charge is 0.291 e. The normalized spacial score (nSPS) is 15.6. The quantitative estimate of drug-likeness (QED) is 0.238. The van der Waals surface area contributed by atoms with Gasteiger partial charge in [-0.2, -0.15) is 0 Å². The van der Waals surface area contributed by atoms with Crippen LogP contribution in [-0.2, 0) is 26.4 Å². The second-order valence-corrected chi connectivity index (χ2v) is 10.9. The van der Waals surface area contributed by atoms with Crippen LogP contribution in [0.5, 0.6) is 11.5 Å². The molecule has 1 atom stereocenters. The number of carbonyl (C=O) groups is 2. The van der Waals surface area contributed by atoms with Crippen LogP contribution in [0.1, 0.15) is 56.0 Å². The summed E-state index contributed by atoms with van der Waals surface area (Å²) in [7, 11) is 3.20. The molecule has 0 radical (unpaired) electrons. The van der Waals surface area contributed by atoms with Gasteiger partial charge in [-0.05, 0) is 35.6 Å². The van der Waals surface area contributed by atoms with E-state index in [0.29, 0.717) is 42.2 Å². The predicted molar refractivity (Wildman–Crippen MR) is 158 cm³/mol. The number of halogens is 3. The molecule has 42 heavy (non-hydrogen) atoms. The summed E-state index contributed by atoms with van der Waals surface area (Å²) in [5, 5.41) is 6.35. The highest BCUT2D eigenvalue weighted by Crippen LogP contribution is 2.45. The average Bonchev–Trinajstić information content (AvgIpc) is 3.57. The summed E-state index contributed by atoms with van der Waals surface area (Å²) < 4.78 is 27.9. The molecule has 0 bridgehead atoms. The number of methoxy groups -OCH3 is 1. The van der Waals surface area contributed by atoms with Crippen LogP contribution >= 0.6 is 23.2 Å². The lowest BCUT2D eigenvalue weighted by molar-refractivity contribution is 0.101. The standard InChI is InChI=1S/C31H27Cl2FN4O4/c1-38-23-11-12-35-14-22(23)36-30(38)31(40)37-21-8-4-7-19(27(21)32)16-5-3-6-18-17(16)9-10-24(18)42-26-13-25(41-2)20(15-39)29(34)28(26)33/h3-8,13,15,24,35H,9-12,14H2,1-2H3,(H,37,40). The number of nitrogens with one attached hydrogen (secondary N) is 2. The number of imidazole rings is 1. The molecule has 1 aromatic heterocycles. The fraction of sp³-hybridized carbons (Fsp3) is 0.258. The van der Waals surface area contributed by atoms with Gasteiger partial charge < -0.3 is 24.7 Å². The van der Waals surface area contributed by atoms with Gasteiger partial charge in [0.2, 0.25) is 0 Å². The van der Waals surface area contributed by atoms with Gasteiger partial charge in [0.05, 0.1) is 29.1 Å². The van der Waals surface area contributed by atoms with E-state index in [2.05, 4.69) is 15.6 Å². The van der Waals surface area contributed by atoms with Crippen molar-refractivity contribution >= 4 is 41.1 Å². The Kier molecular flexibility index (Phi) is 7.66. The van der Waals surface area contributed by atoms with Gasteiger partial charge in [-0.25, -0.2) is 9.37 Å². The Morgan fingerprint density at radius 1 is 1.14 bits per heavy atom. The second-order valence-electron chi connectivity index (χ2n) is 10.2. The van der Waals surface area contributed by atoms with Crippen LogP contribution in [0.2, 0.25) is 10.0 Å². The van der Waals surface area contributed by atoms with E-state index in [0.717, 1.165) is 46.6 Å². The van der Waals surface area contributed by atoms with E-state index in [1.54, 1.807) is 6.07 Å². The Bertz CT molecular complexity index is 1740. The van der Waals surface area contributed by atoms with E-state index in [4.69, 9.17) is 32.7 Å². The van der Waals surface area contributed by atoms with Crippen molar-refractivity contribution in [2.24, 2.45) is 7.05 Å². The summed E-state index contributed by atoms with van der Waals surface area (Å²) in [6.07, 6.45) is 2.07. The number of anilines is 1. The summed E-state index contributed by atoms with van der Waals surface area (Å²) in [6.45, 7) is 1.48. The molecular weight excluding hydrogens is 582 g/mol. The molecular formula is C31H27Cl2FN4O4. The van der Waals surface area contributed by atoms with Gasteiger partial charge in [-0.1, -0.05) is 53.5 Å². The molecule has 1 amide bonds. The van der Waals surface area contributed by atoms with Gasteiger partial charge in [0.25, 0.3) is 5.91 Å². The van der Waals surface area contributed by atoms with E-state index in [-0.39, 0.29) is 28.0 Å². The largest absolute Gasteiger partial charge is 0.496 e. The van der Waals surface area contributed by atoms with Crippen LogP contribution in [0.4, 0.5) is 10.1 Å². The number of hydrogen-bond donors (Lipinski definition) is 2. The number of fused-ring (bicyclic) bond motifs is 2. The minimum absolute atomic E-state index is 0.0434. The fourth-order valence-electron chi connectivity index (χ4n) is 5.78. The molecule has 0 saturated carbocycles. The highest BCUT2D eigenvalue weighted by molar-refractivity contribution is 6.36. The van der Waals surface area contributed by atoms with Crippen molar-refractivity contribution in [2.45, 2.75) is 31.9 Å². The van der Waals surface area contributed by atoms with Crippen molar-refractivity contribution in [3.05, 3.63) is 92.2 Å². The maximum atomic E-state index is 14.8. The third kappa shape index (κ3) is 4.81. The van der Waals surface area contributed by atoms with Crippen LogP contribution in [0.25, 0.3) is 11.1 Å². The van der Waals surface area contributed by atoms with Crippen LogP contribution in [0.15, 0.2) is 42.5 Å². The number of rotatable bonds is 7. The summed E-state index contributed by atoms with van der Waals surface area (Å²) in [5.74, 6) is -0.756. The van der Waals surface area contributed by atoms with Crippen molar-refractivity contribution in [2.75, 3.05) is 19.0 Å². The zero-order valence-corrected chi connectivity index (χ0v) is 24.4. The molecule has 6 rings (SSSR count).